The van der Waals surface area contributed by atoms with E-state index >= 15 is 0 Å². The molecule has 1 aromatic rings. The Balaban J connectivity index is 1.82. The molecule has 1 fully saturated rings. The number of amides is 1. The van der Waals surface area contributed by atoms with Crippen LogP contribution in [-0.4, -0.2) is 35.7 Å². The lowest BCUT2D eigenvalue weighted by molar-refractivity contribution is -0.127. The van der Waals surface area contributed by atoms with Gasteiger partial charge in [0.15, 0.2) is 0 Å². The van der Waals surface area contributed by atoms with Gasteiger partial charge in [0.05, 0.1) is 5.75 Å². The third kappa shape index (κ3) is 4.84. The fraction of sp³-hybridized carbons (Fsp3) is 0.562. The fourth-order valence-corrected chi connectivity index (χ4v) is 2.88. The zero-order chi connectivity index (χ0) is 14.5. The number of nitrogens with zero attached hydrogens (tertiary/aromatic N) is 1. The minimum atomic E-state index is 0.239. The van der Waals surface area contributed by atoms with Gasteiger partial charge in [-0.05, 0) is 30.5 Å². The quantitative estimate of drug-likeness (QED) is 0.784. The molecule has 0 unspecified atom stereocenters. The third-order valence-corrected chi connectivity index (χ3v) is 4.44. The van der Waals surface area contributed by atoms with E-state index in [2.05, 4.69) is 43.4 Å². The highest BCUT2D eigenvalue weighted by Gasteiger charge is 2.29. The normalized spacial score (nSPS) is 14.6. The van der Waals surface area contributed by atoms with E-state index in [4.69, 9.17) is 0 Å². The van der Waals surface area contributed by atoms with Crippen molar-refractivity contribution in [3.63, 3.8) is 0 Å². The van der Waals surface area contributed by atoms with Crippen molar-refractivity contribution in [1.82, 2.24) is 10.2 Å². The van der Waals surface area contributed by atoms with Crippen LogP contribution in [0, 0.1) is 0 Å². The second-order valence-corrected chi connectivity index (χ2v) is 6.76. The van der Waals surface area contributed by atoms with Gasteiger partial charge >= 0.3 is 0 Å². The number of rotatable bonds is 7. The lowest BCUT2D eigenvalue weighted by Gasteiger charge is -2.16. The van der Waals surface area contributed by atoms with E-state index in [1.54, 1.807) is 11.8 Å². The number of carbonyl (C=O) groups is 1. The number of benzene rings is 1. The van der Waals surface area contributed by atoms with Gasteiger partial charge in [0, 0.05) is 30.6 Å². The Kier molecular flexibility index (Phi) is 5.49. The second kappa shape index (κ2) is 7.14. The van der Waals surface area contributed by atoms with Crippen LogP contribution in [0.3, 0.4) is 0 Å². The van der Waals surface area contributed by atoms with Crippen molar-refractivity contribution in [2.24, 2.45) is 0 Å². The van der Waals surface area contributed by atoms with Crippen LogP contribution in [0.4, 0.5) is 0 Å². The molecule has 0 heterocycles. The van der Waals surface area contributed by atoms with Crippen molar-refractivity contribution in [3.8, 4) is 0 Å². The summed E-state index contributed by atoms with van der Waals surface area (Å²) in [5, 5.41) is 3.41. The number of thioether (sulfide) groups is 1. The van der Waals surface area contributed by atoms with Gasteiger partial charge in [-0.2, -0.15) is 0 Å². The van der Waals surface area contributed by atoms with Crippen molar-refractivity contribution in [1.29, 1.82) is 0 Å². The first kappa shape index (κ1) is 15.4. The summed E-state index contributed by atoms with van der Waals surface area (Å²) in [6.07, 6.45) is 2.34. The highest BCUT2D eigenvalue weighted by molar-refractivity contribution is 8.00. The average Bonchev–Trinajstić information content (AvgIpc) is 3.26. The first-order valence-electron chi connectivity index (χ1n) is 7.27. The van der Waals surface area contributed by atoms with Crippen molar-refractivity contribution >= 4 is 17.7 Å². The van der Waals surface area contributed by atoms with E-state index in [0.717, 1.165) is 6.54 Å². The highest BCUT2D eigenvalue weighted by Crippen LogP contribution is 2.27. The SMILES string of the molecule is CC(C)NCc1cccc(SCC(=O)N(C)C2CC2)c1. The third-order valence-electron chi connectivity index (χ3n) is 3.46. The van der Waals surface area contributed by atoms with E-state index in [1.165, 1.54) is 23.3 Å². The maximum Gasteiger partial charge on any atom is 0.232 e. The summed E-state index contributed by atoms with van der Waals surface area (Å²) in [6.45, 7) is 5.16. The van der Waals surface area contributed by atoms with Crippen molar-refractivity contribution in [2.45, 2.75) is 50.2 Å². The summed E-state index contributed by atoms with van der Waals surface area (Å²) in [4.78, 5) is 15.1. The van der Waals surface area contributed by atoms with Gasteiger partial charge in [-0.3, -0.25) is 4.79 Å². The molecule has 1 N–H and O–H groups in total. The van der Waals surface area contributed by atoms with Crippen molar-refractivity contribution in [3.05, 3.63) is 29.8 Å². The smallest absolute Gasteiger partial charge is 0.232 e. The predicted octanol–water partition coefficient (Wildman–Crippen LogP) is 2.90. The topological polar surface area (TPSA) is 32.3 Å². The Labute approximate surface area is 126 Å². The molecule has 0 aromatic heterocycles. The van der Waals surface area contributed by atoms with E-state index in [-0.39, 0.29) is 5.91 Å². The molecule has 1 saturated carbocycles. The molecule has 0 saturated heterocycles. The number of carbonyl (C=O) groups excluding carboxylic acids is 1. The molecule has 4 heteroatoms. The van der Waals surface area contributed by atoms with E-state index in [9.17, 15) is 4.79 Å². The molecule has 0 spiro atoms. The minimum Gasteiger partial charge on any atom is -0.342 e. The van der Waals surface area contributed by atoms with Crippen LogP contribution in [0.1, 0.15) is 32.3 Å². The highest BCUT2D eigenvalue weighted by atomic mass is 32.2. The average molecular weight is 292 g/mol. The molecular weight excluding hydrogens is 268 g/mol. The molecule has 1 aliphatic carbocycles. The van der Waals surface area contributed by atoms with E-state index in [0.29, 0.717) is 17.8 Å². The Morgan fingerprint density at radius 2 is 2.20 bits per heavy atom. The molecular formula is C16H24N2OS. The number of hydrogen-bond donors (Lipinski definition) is 1. The molecule has 20 heavy (non-hydrogen) atoms. The Morgan fingerprint density at radius 3 is 2.85 bits per heavy atom. The summed E-state index contributed by atoms with van der Waals surface area (Å²) < 4.78 is 0. The minimum absolute atomic E-state index is 0.239. The molecule has 0 radical (unpaired) electrons. The zero-order valence-electron chi connectivity index (χ0n) is 12.6. The Bertz CT molecular complexity index is 458. The molecule has 110 valence electrons. The van der Waals surface area contributed by atoms with Gasteiger partial charge in [0.25, 0.3) is 0 Å². The first-order valence-corrected chi connectivity index (χ1v) is 8.25. The van der Waals surface area contributed by atoms with Gasteiger partial charge < -0.3 is 10.2 Å². The van der Waals surface area contributed by atoms with E-state index < -0.39 is 0 Å². The molecule has 0 atom stereocenters. The second-order valence-electron chi connectivity index (χ2n) is 5.71. The van der Waals surface area contributed by atoms with Crippen molar-refractivity contribution in [2.75, 3.05) is 12.8 Å². The predicted molar refractivity (Wildman–Crippen MR) is 84.9 cm³/mol. The molecule has 1 aliphatic rings. The summed E-state index contributed by atoms with van der Waals surface area (Å²) in [7, 11) is 1.92. The largest absolute Gasteiger partial charge is 0.342 e. The standard InChI is InChI=1S/C16H24N2OS/c1-12(2)17-10-13-5-4-6-15(9-13)20-11-16(19)18(3)14-7-8-14/h4-6,9,12,14,17H,7-8,10-11H2,1-3H3. The molecule has 2 rings (SSSR count). The Morgan fingerprint density at radius 1 is 1.45 bits per heavy atom. The summed E-state index contributed by atoms with van der Waals surface area (Å²) in [5.41, 5.74) is 1.27. The van der Waals surface area contributed by atoms with Gasteiger partial charge in [0.2, 0.25) is 5.91 Å². The summed E-state index contributed by atoms with van der Waals surface area (Å²) in [5.74, 6) is 0.775. The summed E-state index contributed by atoms with van der Waals surface area (Å²) in [6, 6.07) is 9.43. The van der Waals surface area contributed by atoms with Gasteiger partial charge in [-0.25, -0.2) is 0 Å². The molecule has 0 bridgehead atoms. The van der Waals surface area contributed by atoms with Crippen LogP contribution in [0.5, 0.6) is 0 Å². The van der Waals surface area contributed by atoms with Crippen LogP contribution in [-0.2, 0) is 11.3 Å². The van der Waals surface area contributed by atoms with Crippen LogP contribution in [0.25, 0.3) is 0 Å². The first-order chi connectivity index (χ1) is 9.56. The number of nitrogens with one attached hydrogen (secondary N) is 1. The van der Waals surface area contributed by atoms with Crippen LogP contribution >= 0.6 is 11.8 Å². The molecule has 3 nitrogen and oxygen atoms in total. The maximum absolute atomic E-state index is 12.0. The van der Waals surface area contributed by atoms with Gasteiger partial charge in [0.1, 0.15) is 0 Å². The zero-order valence-corrected chi connectivity index (χ0v) is 13.4. The van der Waals surface area contributed by atoms with Crippen molar-refractivity contribution < 1.29 is 4.79 Å². The van der Waals surface area contributed by atoms with Gasteiger partial charge in [-0.15, -0.1) is 11.8 Å². The lowest BCUT2D eigenvalue weighted by atomic mass is 10.2. The van der Waals surface area contributed by atoms with Crippen LogP contribution < -0.4 is 5.32 Å². The Hall–Kier alpha value is -1.00. The molecule has 0 aliphatic heterocycles. The lowest BCUT2D eigenvalue weighted by Crippen LogP contribution is -2.30. The maximum atomic E-state index is 12.0. The summed E-state index contributed by atoms with van der Waals surface area (Å²) >= 11 is 1.63. The number of hydrogen-bond acceptors (Lipinski definition) is 3. The van der Waals surface area contributed by atoms with Gasteiger partial charge in [-0.1, -0.05) is 26.0 Å². The van der Waals surface area contributed by atoms with Crippen LogP contribution in [0.15, 0.2) is 29.2 Å². The molecule has 1 aromatic carbocycles. The fourth-order valence-electron chi connectivity index (χ4n) is 1.98. The van der Waals surface area contributed by atoms with E-state index in [1.807, 2.05) is 11.9 Å². The molecule has 1 amide bonds. The monoisotopic (exact) mass is 292 g/mol. The van der Waals surface area contributed by atoms with Crippen LogP contribution in [0.2, 0.25) is 0 Å².